The molecule has 0 atom stereocenters. The molecule has 19 heavy (non-hydrogen) atoms. The van der Waals surface area contributed by atoms with Crippen molar-refractivity contribution in [3.8, 4) is 11.1 Å². The molecule has 0 saturated heterocycles. The van der Waals surface area contributed by atoms with Crippen LogP contribution in [0.4, 0.5) is 4.39 Å². The molecule has 1 nitrogen and oxygen atoms in total. The predicted molar refractivity (Wildman–Crippen MR) is 77.3 cm³/mol. The molecule has 0 aromatic heterocycles. The Morgan fingerprint density at radius 3 is 2.05 bits per heavy atom. The number of rotatable bonds is 2. The van der Waals surface area contributed by atoms with Crippen molar-refractivity contribution in [2.24, 2.45) is 0 Å². The molecule has 0 amide bonds. The van der Waals surface area contributed by atoms with Gasteiger partial charge in [-0.15, -0.1) is 0 Å². The van der Waals surface area contributed by atoms with Gasteiger partial charge in [-0.3, -0.25) is 4.79 Å². The number of hydrogen-bond acceptors (Lipinski definition) is 1. The summed E-state index contributed by atoms with van der Waals surface area (Å²) in [6, 6.07) is 5.04. The van der Waals surface area contributed by atoms with Crippen molar-refractivity contribution < 1.29 is 9.18 Å². The van der Waals surface area contributed by atoms with Gasteiger partial charge in [0.2, 0.25) is 0 Å². The Morgan fingerprint density at radius 1 is 0.947 bits per heavy atom. The Hall–Kier alpha value is -0.800. The first-order chi connectivity index (χ1) is 8.95. The van der Waals surface area contributed by atoms with Crippen molar-refractivity contribution in [2.45, 2.75) is 0 Å². The molecule has 0 aliphatic carbocycles. The first-order valence-electron chi connectivity index (χ1n) is 5.03. The van der Waals surface area contributed by atoms with Crippen molar-refractivity contribution in [3.05, 3.63) is 55.7 Å². The zero-order chi connectivity index (χ0) is 14.2. The van der Waals surface area contributed by atoms with E-state index >= 15 is 0 Å². The lowest BCUT2D eigenvalue weighted by Gasteiger charge is -2.12. The van der Waals surface area contributed by atoms with Crippen LogP contribution in [-0.4, -0.2) is 6.29 Å². The zero-order valence-corrected chi connectivity index (χ0v) is 12.2. The number of aldehydes is 1. The van der Waals surface area contributed by atoms with E-state index in [2.05, 4.69) is 0 Å². The van der Waals surface area contributed by atoms with Gasteiger partial charge < -0.3 is 0 Å². The maximum atomic E-state index is 13.4. The van der Waals surface area contributed by atoms with Crippen molar-refractivity contribution in [2.75, 3.05) is 0 Å². The van der Waals surface area contributed by atoms with Crippen LogP contribution in [0.25, 0.3) is 11.1 Å². The summed E-state index contributed by atoms with van der Waals surface area (Å²) in [5.41, 5.74) is 0.723. The molecule has 0 unspecified atom stereocenters. The SMILES string of the molecule is O=Cc1ccc(F)cc1-c1c(Cl)c(Cl)cc(Cl)c1Cl. The molecule has 6 heteroatoms. The number of benzene rings is 2. The summed E-state index contributed by atoms with van der Waals surface area (Å²) in [6.45, 7) is 0. The topological polar surface area (TPSA) is 17.1 Å². The molecule has 0 heterocycles. The van der Waals surface area contributed by atoms with Crippen LogP contribution in [0.15, 0.2) is 24.3 Å². The highest BCUT2D eigenvalue weighted by Gasteiger charge is 2.18. The first-order valence-corrected chi connectivity index (χ1v) is 6.55. The summed E-state index contributed by atoms with van der Waals surface area (Å²) < 4.78 is 13.4. The van der Waals surface area contributed by atoms with E-state index in [4.69, 9.17) is 46.4 Å². The second-order valence-corrected chi connectivity index (χ2v) is 5.26. The molecule has 0 N–H and O–H groups in total. The highest BCUT2D eigenvalue weighted by molar-refractivity contribution is 6.50. The lowest BCUT2D eigenvalue weighted by Crippen LogP contribution is -1.92. The summed E-state index contributed by atoms with van der Waals surface area (Å²) in [7, 11) is 0. The van der Waals surface area contributed by atoms with Crippen LogP contribution in [-0.2, 0) is 0 Å². The fourth-order valence-corrected chi connectivity index (χ4v) is 2.67. The second-order valence-electron chi connectivity index (χ2n) is 3.69. The minimum atomic E-state index is -0.524. The minimum Gasteiger partial charge on any atom is -0.298 e. The van der Waals surface area contributed by atoms with Crippen molar-refractivity contribution in [3.63, 3.8) is 0 Å². The predicted octanol–water partition coefficient (Wildman–Crippen LogP) is 5.92. The largest absolute Gasteiger partial charge is 0.298 e. The van der Waals surface area contributed by atoms with Gasteiger partial charge in [-0.25, -0.2) is 4.39 Å². The third kappa shape index (κ3) is 2.72. The van der Waals surface area contributed by atoms with Crippen molar-refractivity contribution in [1.29, 1.82) is 0 Å². The molecule has 2 rings (SSSR count). The van der Waals surface area contributed by atoms with Crippen LogP contribution < -0.4 is 0 Å². The van der Waals surface area contributed by atoms with Gasteiger partial charge >= 0.3 is 0 Å². The Balaban J connectivity index is 2.86. The normalized spacial score (nSPS) is 10.6. The lowest BCUT2D eigenvalue weighted by molar-refractivity contribution is 0.112. The standard InChI is InChI=1S/C13H5Cl4FO/c14-9-4-10(15)13(17)11(12(9)16)8-3-7(18)2-1-6(8)5-19/h1-5H. The maximum Gasteiger partial charge on any atom is 0.150 e. The van der Waals surface area contributed by atoms with Gasteiger partial charge in [-0.05, 0) is 29.8 Å². The molecule has 0 aliphatic rings. The Bertz CT molecular complexity index is 644. The van der Waals surface area contributed by atoms with Crippen LogP contribution >= 0.6 is 46.4 Å². The Kier molecular flexibility index (Phi) is 4.36. The summed E-state index contributed by atoms with van der Waals surface area (Å²) in [4.78, 5) is 11.0. The average Bonchev–Trinajstić information content (AvgIpc) is 2.37. The number of halogens is 5. The molecule has 0 fully saturated rings. The minimum absolute atomic E-state index is 0.116. The van der Waals surface area contributed by atoms with Gasteiger partial charge in [0.05, 0.1) is 20.1 Å². The van der Waals surface area contributed by atoms with Crippen LogP contribution in [0.3, 0.4) is 0 Å². The van der Waals surface area contributed by atoms with E-state index in [-0.39, 0.29) is 36.8 Å². The van der Waals surface area contributed by atoms with Crippen LogP contribution in [0.1, 0.15) is 10.4 Å². The highest BCUT2D eigenvalue weighted by atomic mass is 35.5. The van der Waals surface area contributed by atoms with E-state index in [9.17, 15) is 9.18 Å². The molecular weight excluding hydrogens is 333 g/mol. The summed E-state index contributed by atoms with van der Waals surface area (Å²) in [5, 5.41) is 0.578. The fourth-order valence-electron chi connectivity index (χ4n) is 1.66. The van der Waals surface area contributed by atoms with E-state index in [0.29, 0.717) is 6.29 Å². The third-order valence-electron chi connectivity index (χ3n) is 2.52. The maximum absolute atomic E-state index is 13.4. The van der Waals surface area contributed by atoms with Gasteiger partial charge in [0.25, 0.3) is 0 Å². The Labute approximate surface area is 128 Å². The summed E-state index contributed by atoms with van der Waals surface area (Å²) in [5.74, 6) is -0.524. The van der Waals surface area contributed by atoms with Crippen LogP contribution in [0.2, 0.25) is 20.1 Å². The van der Waals surface area contributed by atoms with Gasteiger partial charge in [0.1, 0.15) is 5.82 Å². The van der Waals surface area contributed by atoms with Gasteiger partial charge in [-0.1, -0.05) is 46.4 Å². The first kappa shape index (κ1) is 14.6. The summed E-state index contributed by atoms with van der Waals surface area (Å²) >= 11 is 24.0. The molecule has 0 saturated carbocycles. The Morgan fingerprint density at radius 2 is 1.53 bits per heavy atom. The molecule has 2 aromatic rings. The van der Waals surface area contributed by atoms with E-state index < -0.39 is 5.82 Å². The molecular formula is C13H5Cl4FO. The highest BCUT2D eigenvalue weighted by Crippen LogP contribution is 2.44. The average molecular weight is 338 g/mol. The van der Waals surface area contributed by atoms with E-state index in [1.165, 1.54) is 18.2 Å². The molecule has 2 aromatic carbocycles. The number of hydrogen-bond donors (Lipinski definition) is 0. The van der Waals surface area contributed by atoms with Crippen molar-refractivity contribution in [1.82, 2.24) is 0 Å². The quantitative estimate of drug-likeness (QED) is 0.491. The molecule has 98 valence electrons. The number of carbonyl (C=O) groups is 1. The zero-order valence-electron chi connectivity index (χ0n) is 9.18. The monoisotopic (exact) mass is 336 g/mol. The number of carbonyl (C=O) groups excluding carboxylic acids is 1. The van der Waals surface area contributed by atoms with Crippen LogP contribution in [0.5, 0.6) is 0 Å². The lowest BCUT2D eigenvalue weighted by atomic mass is 10.00. The molecule has 0 bridgehead atoms. The van der Waals surface area contributed by atoms with E-state index in [1.807, 2.05) is 0 Å². The van der Waals surface area contributed by atoms with Gasteiger partial charge in [0.15, 0.2) is 6.29 Å². The van der Waals surface area contributed by atoms with E-state index in [1.54, 1.807) is 0 Å². The van der Waals surface area contributed by atoms with Crippen molar-refractivity contribution >= 4 is 52.7 Å². The second kappa shape index (κ2) is 5.68. The third-order valence-corrected chi connectivity index (χ3v) is 4.10. The molecule has 0 radical (unpaired) electrons. The fraction of sp³-hybridized carbons (Fsp3) is 0. The van der Waals surface area contributed by atoms with Crippen LogP contribution in [0, 0.1) is 5.82 Å². The van der Waals surface area contributed by atoms with Gasteiger partial charge in [-0.2, -0.15) is 0 Å². The van der Waals surface area contributed by atoms with Gasteiger partial charge in [0, 0.05) is 11.1 Å². The molecule has 0 aliphatic heterocycles. The molecule has 0 spiro atoms. The van der Waals surface area contributed by atoms with E-state index in [0.717, 1.165) is 6.07 Å². The summed E-state index contributed by atoms with van der Waals surface area (Å²) in [6.07, 6.45) is 0.580. The smallest absolute Gasteiger partial charge is 0.150 e.